The first-order valence-corrected chi connectivity index (χ1v) is 6.63. The van der Waals surface area contributed by atoms with Crippen LogP contribution in [0.5, 0.6) is 0 Å². The molecule has 2 N–H and O–H groups in total. The highest BCUT2D eigenvalue weighted by Gasteiger charge is 2.25. The Hall–Kier alpha value is -1.06. The highest BCUT2D eigenvalue weighted by Crippen LogP contribution is 2.27. The monoisotopic (exact) mass is 251 g/mol. The van der Waals surface area contributed by atoms with E-state index >= 15 is 0 Å². The molecule has 102 valence electrons. The van der Waals surface area contributed by atoms with Crippen molar-refractivity contribution < 1.29 is 9.84 Å². The summed E-state index contributed by atoms with van der Waals surface area (Å²) in [5.41, 5.74) is 2.22. The van der Waals surface area contributed by atoms with E-state index in [4.69, 9.17) is 4.74 Å². The van der Waals surface area contributed by atoms with Crippen LogP contribution in [0.4, 0.5) is 5.69 Å². The van der Waals surface area contributed by atoms with Gasteiger partial charge in [-0.05, 0) is 18.9 Å². The fraction of sp³-hybridized carbons (Fsp3) is 0.600. The molecule has 1 rings (SSSR count). The Balaban J connectivity index is 2.72. The maximum Gasteiger partial charge on any atom is 0.0733 e. The Morgan fingerprint density at radius 3 is 2.44 bits per heavy atom. The summed E-state index contributed by atoms with van der Waals surface area (Å²) in [4.78, 5) is 0. The maximum atomic E-state index is 9.56. The van der Waals surface area contributed by atoms with Gasteiger partial charge >= 0.3 is 0 Å². The molecule has 0 aliphatic carbocycles. The van der Waals surface area contributed by atoms with Crippen molar-refractivity contribution in [2.24, 2.45) is 5.41 Å². The van der Waals surface area contributed by atoms with Crippen molar-refractivity contribution in [1.29, 1.82) is 0 Å². The standard InChI is InChI=1S/C15H25NO2/c1-4-15(5-2,12-17)11-16-14-9-7-6-8-13(14)10-18-3/h6-9,16-17H,4-5,10-12H2,1-3H3. The number of ether oxygens (including phenoxy) is 1. The average Bonchev–Trinajstić information content (AvgIpc) is 2.43. The number of hydrogen-bond acceptors (Lipinski definition) is 3. The van der Waals surface area contributed by atoms with Crippen LogP contribution in [0, 0.1) is 5.41 Å². The Labute approximate surface area is 110 Å². The Morgan fingerprint density at radius 2 is 1.89 bits per heavy atom. The Kier molecular flexibility index (Phi) is 6.16. The van der Waals surface area contributed by atoms with E-state index in [2.05, 4.69) is 31.3 Å². The van der Waals surface area contributed by atoms with Crippen molar-refractivity contribution in [3.8, 4) is 0 Å². The van der Waals surface area contributed by atoms with Crippen LogP contribution in [-0.4, -0.2) is 25.4 Å². The first-order valence-electron chi connectivity index (χ1n) is 6.63. The number of methoxy groups -OCH3 is 1. The third-order valence-electron chi connectivity index (χ3n) is 3.81. The molecule has 0 bridgehead atoms. The number of para-hydroxylation sites is 1. The molecule has 0 spiro atoms. The Morgan fingerprint density at radius 1 is 1.22 bits per heavy atom. The van der Waals surface area contributed by atoms with E-state index in [1.807, 2.05) is 12.1 Å². The minimum atomic E-state index is -0.0276. The van der Waals surface area contributed by atoms with Gasteiger partial charge in [-0.25, -0.2) is 0 Å². The fourth-order valence-corrected chi connectivity index (χ4v) is 2.04. The zero-order valence-corrected chi connectivity index (χ0v) is 11.7. The normalized spacial score (nSPS) is 11.6. The fourth-order valence-electron chi connectivity index (χ4n) is 2.04. The molecule has 0 saturated heterocycles. The van der Waals surface area contributed by atoms with Crippen molar-refractivity contribution in [1.82, 2.24) is 0 Å². The van der Waals surface area contributed by atoms with Gasteiger partial charge in [0.15, 0.2) is 0 Å². The van der Waals surface area contributed by atoms with Crippen molar-refractivity contribution in [3.05, 3.63) is 29.8 Å². The zero-order chi connectivity index (χ0) is 13.4. The van der Waals surface area contributed by atoms with Crippen LogP contribution < -0.4 is 5.32 Å². The second kappa shape index (κ2) is 7.39. The molecule has 0 heterocycles. The summed E-state index contributed by atoms with van der Waals surface area (Å²) in [5.74, 6) is 0. The smallest absolute Gasteiger partial charge is 0.0733 e. The zero-order valence-electron chi connectivity index (χ0n) is 11.7. The first-order chi connectivity index (χ1) is 8.71. The average molecular weight is 251 g/mol. The first kappa shape index (κ1) is 15.0. The summed E-state index contributed by atoms with van der Waals surface area (Å²) < 4.78 is 5.19. The number of benzene rings is 1. The van der Waals surface area contributed by atoms with E-state index in [0.29, 0.717) is 6.61 Å². The molecule has 0 atom stereocenters. The molecule has 0 aliphatic rings. The van der Waals surface area contributed by atoms with Crippen LogP contribution in [0.2, 0.25) is 0 Å². The summed E-state index contributed by atoms with van der Waals surface area (Å²) in [6.45, 7) is 5.87. The summed E-state index contributed by atoms with van der Waals surface area (Å²) in [7, 11) is 1.70. The predicted octanol–water partition coefficient (Wildman–Crippen LogP) is 3.04. The molecule has 1 aromatic rings. The quantitative estimate of drug-likeness (QED) is 0.746. The van der Waals surface area contributed by atoms with Gasteiger partial charge in [-0.2, -0.15) is 0 Å². The molecular formula is C15H25NO2. The second-order valence-corrected chi connectivity index (χ2v) is 4.81. The highest BCUT2D eigenvalue weighted by molar-refractivity contribution is 5.50. The van der Waals surface area contributed by atoms with Gasteiger partial charge in [-0.15, -0.1) is 0 Å². The topological polar surface area (TPSA) is 41.5 Å². The molecule has 1 aromatic carbocycles. The molecule has 0 radical (unpaired) electrons. The molecule has 0 aromatic heterocycles. The largest absolute Gasteiger partial charge is 0.396 e. The lowest BCUT2D eigenvalue weighted by molar-refractivity contribution is 0.127. The molecule has 3 nitrogen and oxygen atoms in total. The van der Waals surface area contributed by atoms with Crippen LogP contribution in [0.15, 0.2) is 24.3 Å². The molecule has 3 heteroatoms. The van der Waals surface area contributed by atoms with Crippen molar-refractivity contribution >= 4 is 5.69 Å². The van der Waals surface area contributed by atoms with Crippen molar-refractivity contribution in [3.63, 3.8) is 0 Å². The van der Waals surface area contributed by atoms with E-state index < -0.39 is 0 Å². The van der Waals surface area contributed by atoms with E-state index in [1.165, 1.54) is 0 Å². The van der Waals surface area contributed by atoms with Gasteiger partial charge < -0.3 is 15.2 Å². The Bertz CT molecular complexity index is 340. The van der Waals surface area contributed by atoms with Gasteiger partial charge in [-0.1, -0.05) is 32.0 Å². The lowest BCUT2D eigenvalue weighted by Crippen LogP contribution is -2.32. The van der Waals surface area contributed by atoms with Crippen molar-refractivity contribution in [2.45, 2.75) is 33.3 Å². The van der Waals surface area contributed by atoms with Crippen LogP contribution >= 0.6 is 0 Å². The number of anilines is 1. The summed E-state index contributed by atoms with van der Waals surface area (Å²) in [6.07, 6.45) is 1.94. The minimum absolute atomic E-state index is 0.0276. The number of aliphatic hydroxyl groups excluding tert-OH is 1. The molecule has 0 amide bonds. The molecule has 0 fully saturated rings. The van der Waals surface area contributed by atoms with Crippen LogP contribution in [0.25, 0.3) is 0 Å². The third-order valence-corrected chi connectivity index (χ3v) is 3.81. The van der Waals surface area contributed by atoms with Gasteiger partial charge in [-0.3, -0.25) is 0 Å². The summed E-state index contributed by atoms with van der Waals surface area (Å²) in [5, 5.41) is 13.0. The van der Waals surface area contributed by atoms with Gasteiger partial charge in [0.25, 0.3) is 0 Å². The molecular weight excluding hydrogens is 226 g/mol. The van der Waals surface area contributed by atoms with Gasteiger partial charge in [0.1, 0.15) is 0 Å². The number of rotatable bonds is 8. The van der Waals surface area contributed by atoms with Gasteiger partial charge in [0.05, 0.1) is 13.2 Å². The van der Waals surface area contributed by atoms with E-state index in [1.54, 1.807) is 7.11 Å². The van der Waals surface area contributed by atoms with E-state index in [-0.39, 0.29) is 12.0 Å². The maximum absolute atomic E-state index is 9.56. The van der Waals surface area contributed by atoms with E-state index in [9.17, 15) is 5.11 Å². The molecule has 0 saturated carbocycles. The van der Waals surface area contributed by atoms with Gasteiger partial charge in [0, 0.05) is 30.3 Å². The molecule has 0 aliphatic heterocycles. The SMILES string of the molecule is CCC(CC)(CO)CNc1ccccc1COC. The summed E-state index contributed by atoms with van der Waals surface area (Å²) in [6, 6.07) is 8.14. The number of nitrogens with one attached hydrogen (secondary N) is 1. The van der Waals surface area contributed by atoms with Crippen molar-refractivity contribution in [2.75, 3.05) is 25.6 Å². The number of hydrogen-bond donors (Lipinski definition) is 2. The second-order valence-electron chi connectivity index (χ2n) is 4.81. The molecule has 18 heavy (non-hydrogen) atoms. The lowest BCUT2D eigenvalue weighted by atomic mass is 9.83. The lowest BCUT2D eigenvalue weighted by Gasteiger charge is -2.30. The van der Waals surface area contributed by atoms with E-state index in [0.717, 1.165) is 30.6 Å². The third kappa shape index (κ3) is 3.72. The van der Waals surface area contributed by atoms with Crippen LogP contribution in [-0.2, 0) is 11.3 Å². The summed E-state index contributed by atoms with van der Waals surface area (Å²) >= 11 is 0. The predicted molar refractivity (Wildman–Crippen MR) is 75.7 cm³/mol. The number of aliphatic hydroxyl groups is 1. The van der Waals surface area contributed by atoms with Crippen LogP contribution in [0.1, 0.15) is 32.3 Å². The minimum Gasteiger partial charge on any atom is -0.396 e. The highest BCUT2D eigenvalue weighted by atomic mass is 16.5. The van der Waals surface area contributed by atoms with Crippen LogP contribution in [0.3, 0.4) is 0 Å². The van der Waals surface area contributed by atoms with Gasteiger partial charge in [0.2, 0.25) is 0 Å². The molecule has 0 unspecified atom stereocenters.